The van der Waals surface area contributed by atoms with Gasteiger partial charge in [-0.3, -0.25) is 14.9 Å². The van der Waals surface area contributed by atoms with Crippen LogP contribution in [-0.4, -0.2) is 32.5 Å². The Kier molecular flexibility index (Phi) is 3.54. The zero-order valence-corrected chi connectivity index (χ0v) is 12.8. The number of nitrogens with zero attached hydrogens (tertiary/aromatic N) is 3. The quantitative estimate of drug-likeness (QED) is 0.790. The van der Waals surface area contributed by atoms with E-state index in [1.54, 1.807) is 12.4 Å². The zero-order valence-electron chi connectivity index (χ0n) is 12.8. The van der Waals surface area contributed by atoms with Crippen LogP contribution in [0, 0.1) is 0 Å². The van der Waals surface area contributed by atoms with Crippen molar-refractivity contribution in [2.75, 3.05) is 6.54 Å². The van der Waals surface area contributed by atoms with Crippen molar-refractivity contribution in [3.05, 3.63) is 60.2 Å². The molecule has 23 heavy (non-hydrogen) atoms. The minimum Gasteiger partial charge on any atom is -0.329 e. The SMILES string of the molecule is O=C(c1nccc2ccccc12)N1CCCCC1c1ccn[nH]1. The van der Waals surface area contributed by atoms with E-state index in [0.29, 0.717) is 5.69 Å². The van der Waals surface area contributed by atoms with Gasteiger partial charge in [0, 0.05) is 24.3 Å². The predicted molar refractivity (Wildman–Crippen MR) is 88.0 cm³/mol. The Morgan fingerprint density at radius 2 is 2.04 bits per heavy atom. The van der Waals surface area contributed by atoms with E-state index in [9.17, 15) is 4.79 Å². The Labute approximate surface area is 134 Å². The number of hydrogen-bond acceptors (Lipinski definition) is 3. The highest BCUT2D eigenvalue weighted by Crippen LogP contribution is 2.31. The van der Waals surface area contributed by atoms with Gasteiger partial charge in [0.05, 0.1) is 11.7 Å². The monoisotopic (exact) mass is 306 g/mol. The highest BCUT2D eigenvalue weighted by atomic mass is 16.2. The summed E-state index contributed by atoms with van der Waals surface area (Å²) >= 11 is 0. The molecule has 0 saturated carbocycles. The van der Waals surface area contributed by atoms with Crippen molar-refractivity contribution in [2.24, 2.45) is 0 Å². The van der Waals surface area contributed by atoms with E-state index in [2.05, 4.69) is 15.2 Å². The molecule has 0 radical (unpaired) electrons. The van der Waals surface area contributed by atoms with Gasteiger partial charge >= 0.3 is 0 Å². The topological polar surface area (TPSA) is 61.9 Å². The Morgan fingerprint density at radius 1 is 1.13 bits per heavy atom. The van der Waals surface area contributed by atoms with Crippen molar-refractivity contribution in [1.29, 1.82) is 0 Å². The summed E-state index contributed by atoms with van der Waals surface area (Å²) in [4.78, 5) is 19.5. The van der Waals surface area contributed by atoms with Gasteiger partial charge in [-0.1, -0.05) is 24.3 Å². The molecule has 1 N–H and O–H groups in total. The van der Waals surface area contributed by atoms with Crippen LogP contribution in [0.15, 0.2) is 48.8 Å². The van der Waals surface area contributed by atoms with E-state index < -0.39 is 0 Å². The van der Waals surface area contributed by atoms with Gasteiger partial charge in [-0.15, -0.1) is 0 Å². The molecule has 1 saturated heterocycles. The summed E-state index contributed by atoms with van der Waals surface area (Å²) in [5.41, 5.74) is 1.54. The molecule has 5 heteroatoms. The van der Waals surface area contributed by atoms with Crippen LogP contribution in [-0.2, 0) is 0 Å². The largest absolute Gasteiger partial charge is 0.329 e. The lowest BCUT2D eigenvalue weighted by molar-refractivity contribution is 0.0602. The summed E-state index contributed by atoms with van der Waals surface area (Å²) < 4.78 is 0. The van der Waals surface area contributed by atoms with Crippen LogP contribution >= 0.6 is 0 Å². The van der Waals surface area contributed by atoms with Gasteiger partial charge in [-0.05, 0) is 36.8 Å². The minimum absolute atomic E-state index is 0.00102. The van der Waals surface area contributed by atoms with E-state index in [1.807, 2.05) is 41.3 Å². The van der Waals surface area contributed by atoms with Gasteiger partial charge in [0.1, 0.15) is 5.69 Å². The molecule has 2 aromatic heterocycles. The average Bonchev–Trinajstić information content (AvgIpc) is 3.15. The number of nitrogens with one attached hydrogen (secondary N) is 1. The maximum atomic E-state index is 13.1. The number of H-pyrrole nitrogens is 1. The van der Waals surface area contributed by atoms with E-state index in [-0.39, 0.29) is 11.9 Å². The molecule has 0 aliphatic carbocycles. The molecule has 5 nitrogen and oxygen atoms in total. The number of hydrogen-bond donors (Lipinski definition) is 1. The fraction of sp³-hybridized carbons (Fsp3) is 0.278. The number of pyridine rings is 1. The molecule has 1 fully saturated rings. The van der Waals surface area contributed by atoms with Crippen molar-refractivity contribution < 1.29 is 4.79 Å². The summed E-state index contributed by atoms with van der Waals surface area (Å²) in [6, 6.07) is 11.8. The Morgan fingerprint density at radius 3 is 2.91 bits per heavy atom. The van der Waals surface area contributed by atoms with Gasteiger partial charge in [0.25, 0.3) is 5.91 Å². The van der Waals surface area contributed by atoms with E-state index in [4.69, 9.17) is 0 Å². The molecule has 116 valence electrons. The van der Waals surface area contributed by atoms with Gasteiger partial charge in [0.15, 0.2) is 0 Å². The lowest BCUT2D eigenvalue weighted by atomic mass is 9.98. The van der Waals surface area contributed by atoms with Crippen LogP contribution in [0.3, 0.4) is 0 Å². The summed E-state index contributed by atoms with van der Waals surface area (Å²) in [5.74, 6) is 0.00102. The zero-order chi connectivity index (χ0) is 15.6. The fourth-order valence-corrected chi connectivity index (χ4v) is 3.38. The number of amides is 1. The molecule has 3 aromatic rings. The lowest BCUT2D eigenvalue weighted by Crippen LogP contribution is -2.39. The second kappa shape index (κ2) is 5.83. The smallest absolute Gasteiger partial charge is 0.273 e. The maximum absolute atomic E-state index is 13.1. The molecule has 0 spiro atoms. The van der Waals surface area contributed by atoms with E-state index in [0.717, 1.165) is 42.3 Å². The summed E-state index contributed by atoms with van der Waals surface area (Å²) in [6.07, 6.45) is 6.56. The van der Waals surface area contributed by atoms with Crippen molar-refractivity contribution in [3.63, 3.8) is 0 Å². The highest BCUT2D eigenvalue weighted by molar-refractivity contribution is 6.05. The van der Waals surface area contributed by atoms with E-state index in [1.165, 1.54) is 0 Å². The van der Waals surface area contributed by atoms with Gasteiger partial charge in [-0.2, -0.15) is 5.10 Å². The van der Waals surface area contributed by atoms with E-state index >= 15 is 0 Å². The number of piperidine rings is 1. The molecule has 1 aliphatic heterocycles. The number of fused-ring (bicyclic) bond motifs is 1. The fourth-order valence-electron chi connectivity index (χ4n) is 3.38. The van der Waals surface area contributed by atoms with Crippen molar-refractivity contribution in [3.8, 4) is 0 Å². The Balaban J connectivity index is 1.74. The third-order valence-corrected chi connectivity index (χ3v) is 4.52. The van der Waals surface area contributed by atoms with Crippen molar-refractivity contribution in [1.82, 2.24) is 20.1 Å². The van der Waals surface area contributed by atoms with Crippen molar-refractivity contribution in [2.45, 2.75) is 25.3 Å². The maximum Gasteiger partial charge on any atom is 0.273 e. The second-order valence-electron chi connectivity index (χ2n) is 5.90. The van der Waals surface area contributed by atoms with Crippen LogP contribution in [0.2, 0.25) is 0 Å². The molecule has 1 atom stereocenters. The van der Waals surface area contributed by atoms with Crippen LogP contribution in [0.1, 0.15) is 41.5 Å². The number of carbonyl (C=O) groups is 1. The molecule has 1 aliphatic rings. The Bertz CT molecular complexity index is 823. The second-order valence-corrected chi connectivity index (χ2v) is 5.90. The third-order valence-electron chi connectivity index (χ3n) is 4.52. The number of benzene rings is 1. The molecule has 3 heterocycles. The normalized spacial score (nSPS) is 18.3. The number of likely N-dealkylation sites (tertiary alicyclic amines) is 1. The summed E-state index contributed by atoms with van der Waals surface area (Å²) in [6.45, 7) is 0.757. The lowest BCUT2D eigenvalue weighted by Gasteiger charge is -2.35. The Hall–Kier alpha value is -2.69. The average molecular weight is 306 g/mol. The molecular formula is C18H18N4O. The number of aromatic amines is 1. The van der Waals surface area contributed by atoms with Crippen LogP contribution in [0.25, 0.3) is 10.8 Å². The molecule has 1 aromatic carbocycles. The van der Waals surface area contributed by atoms with Crippen LogP contribution in [0.5, 0.6) is 0 Å². The first-order chi connectivity index (χ1) is 11.3. The highest BCUT2D eigenvalue weighted by Gasteiger charge is 2.30. The van der Waals surface area contributed by atoms with Gasteiger partial charge in [0.2, 0.25) is 0 Å². The standard InChI is InChI=1S/C18H18N4O/c23-18(17-14-6-2-1-5-13(14)8-10-19-17)22-12-4-3-7-16(22)15-9-11-20-21-15/h1-2,5-6,8-11,16H,3-4,7,12H2,(H,20,21). The van der Waals surface area contributed by atoms with Gasteiger partial charge < -0.3 is 4.90 Å². The number of rotatable bonds is 2. The van der Waals surface area contributed by atoms with Gasteiger partial charge in [-0.25, -0.2) is 0 Å². The summed E-state index contributed by atoms with van der Waals surface area (Å²) in [5, 5.41) is 9.00. The first-order valence-corrected chi connectivity index (χ1v) is 7.98. The molecule has 4 rings (SSSR count). The molecule has 1 amide bonds. The molecule has 1 unspecified atom stereocenters. The number of aromatic nitrogens is 3. The number of carbonyl (C=O) groups excluding carboxylic acids is 1. The van der Waals surface area contributed by atoms with Crippen LogP contribution < -0.4 is 0 Å². The molecular weight excluding hydrogens is 288 g/mol. The first kappa shape index (κ1) is 13.9. The third kappa shape index (κ3) is 2.48. The summed E-state index contributed by atoms with van der Waals surface area (Å²) in [7, 11) is 0. The van der Waals surface area contributed by atoms with Crippen LogP contribution in [0.4, 0.5) is 0 Å². The van der Waals surface area contributed by atoms with Crippen molar-refractivity contribution >= 4 is 16.7 Å². The first-order valence-electron chi connectivity index (χ1n) is 7.98. The molecule has 0 bridgehead atoms. The predicted octanol–water partition coefficient (Wildman–Crippen LogP) is 3.33. The minimum atomic E-state index is 0.00102.